The number of aromatic hydroxyl groups is 1. The summed E-state index contributed by atoms with van der Waals surface area (Å²) in [7, 11) is 1.41. The van der Waals surface area contributed by atoms with Gasteiger partial charge in [-0.25, -0.2) is 4.79 Å². The van der Waals surface area contributed by atoms with Crippen molar-refractivity contribution in [1.82, 2.24) is 0 Å². The average molecular weight is 342 g/mol. The average Bonchev–Trinajstić information content (AvgIpc) is 2.61. The Morgan fingerprint density at radius 1 is 1.44 bits per heavy atom. The minimum Gasteiger partial charge on any atom is -0.504 e. The molecule has 25 heavy (non-hydrogen) atoms. The van der Waals surface area contributed by atoms with Gasteiger partial charge in [-0.3, -0.25) is 0 Å². The second kappa shape index (κ2) is 6.67. The van der Waals surface area contributed by atoms with Crippen molar-refractivity contribution in [2.24, 2.45) is 5.92 Å². The standard InChI is InChI=1S/C20H22O5/c1-5-11(2)6-12(3)16-8-13-7-14-9-17(23-4)20(22)25-19(14)18(21)15(13)10-24-16/h6-9,11,21H,5,10H2,1-4H3/b12-6+/t11-/m1/s1. The van der Waals surface area contributed by atoms with Crippen LogP contribution < -0.4 is 10.4 Å². The van der Waals surface area contributed by atoms with E-state index in [9.17, 15) is 9.90 Å². The molecule has 0 fully saturated rings. The Hall–Kier alpha value is -2.69. The van der Waals surface area contributed by atoms with Gasteiger partial charge in [0.2, 0.25) is 5.75 Å². The second-order valence-corrected chi connectivity index (χ2v) is 6.35. The van der Waals surface area contributed by atoms with Crippen molar-refractivity contribution in [2.75, 3.05) is 7.11 Å². The smallest absolute Gasteiger partial charge is 0.379 e. The maximum Gasteiger partial charge on any atom is 0.379 e. The summed E-state index contributed by atoms with van der Waals surface area (Å²) in [6.45, 7) is 6.55. The molecule has 0 spiro atoms. The molecule has 0 unspecified atom stereocenters. The van der Waals surface area contributed by atoms with Crippen molar-refractivity contribution < 1.29 is 19.0 Å². The van der Waals surface area contributed by atoms with Crippen molar-refractivity contribution in [2.45, 2.75) is 33.8 Å². The first-order valence-corrected chi connectivity index (χ1v) is 8.34. The summed E-state index contributed by atoms with van der Waals surface area (Å²) >= 11 is 0. The largest absolute Gasteiger partial charge is 0.504 e. The molecule has 0 aliphatic carbocycles. The minimum atomic E-state index is -0.620. The molecule has 0 saturated heterocycles. The van der Waals surface area contributed by atoms with E-state index in [1.807, 2.05) is 19.1 Å². The number of allylic oxidation sites excluding steroid dienone is 2. The van der Waals surface area contributed by atoms with Gasteiger partial charge in [-0.2, -0.15) is 0 Å². The summed E-state index contributed by atoms with van der Waals surface area (Å²) in [4.78, 5) is 11.8. The molecule has 1 N–H and O–H groups in total. The van der Waals surface area contributed by atoms with E-state index < -0.39 is 5.63 Å². The highest BCUT2D eigenvalue weighted by molar-refractivity contribution is 5.88. The first-order valence-electron chi connectivity index (χ1n) is 8.34. The molecule has 0 radical (unpaired) electrons. The molecule has 1 aromatic carbocycles. The highest BCUT2D eigenvalue weighted by Crippen LogP contribution is 2.37. The molecular formula is C20H22O5. The molecule has 132 valence electrons. The third-order valence-corrected chi connectivity index (χ3v) is 4.55. The normalized spacial score (nSPS) is 15.4. The molecule has 0 bridgehead atoms. The summed E-state index contributed by atoms with van der Waals surface area (Å²) in [6, 6.07) is 3.45. The molecule has 2 aromatic rings. The lowest BCUT2D eigenvalue weighted by molar-refractivity contribution is 0.201. The number of hydrogen-bond donors (Lipinski definition) is 1. The summed E-state index contributed by atoms with van der Waals surface area (Å²) in [5.74, 6) is 1.30. The molecule has 0 saturated carbocycles. The van der Waals surface area contributed by atoms with Crippen LogP contribution >= 0.6 is 0 Å². The molecule has 2 heterocycles. The van der Waals surface area contributed by atoms with Gasteiger partial charge >= 0.3 is 5.63 Å². The van der Waals surface area contributed by atoms with E-state index in [0.717, 1.165) is 23.3 Å². The van der Waals surface area contributed by atoms with E-state index >= 15 is 0 Å². The SMILES string of the molecule is CC[C@@H](C)/C=C(\C)C1=Cc2cc3cc(OC)c(=O)oc3c(O)c2CO1. The van der Waals surface area contributed by atoms with Crippen LogP contribution in [0.3, 0.4) is 0 Å². The van der Waals surface area contributed by atoms with E-state index in [4.69, 9.17) is 13.9 Å². The Labute approximate surface area is 146 Å². The van der Waals surface area contributed by atoms with Gasteiger partial charge in [0.1, 0.15) is 12.4 Å². The molecule has 0 amide bonds. The lowest BCUT2D eigenvalue weighted by Crippen LogP contribution is -2.07. The Balaban J connectivity index is 2.13. The van der Waals surface area contributed by atoms with Gasteiger partial charge in [-0.15, -0.1) is 0 Å². The first-order chi connectivity index (χ1) is 11.9. The predicted octanol–water partition coefficient (Wildman–Crippen LogP) is 4.37. The zero-order chi connectivity index (χ0) is 18.1. The number of fused-ring (bicyclic) bond motifs is 2. The van der Waals surface area contributed by atoms with Crippen molar-refractivity contribution in [3.63, 3.8) is 0 Å². The van der Waals surface area contributed by atoms with Crippen LogP contribution in [-0.2, 0) is 11.3 Å². The van der Waals surface area contributed by atoms with Crippen LogP contribution in [0.2, 0.25) is 0 Å². The van der Waals surface area contributed by atoms with Crippen LogP contribution in [0.4, 0.5) is 0 Å². The van der Waals surface area contributed by atoms with Crippen LogP contribution in [0.15, 0.2) is 38.8 Å². The Bertz CT molecular complexity index is 933. The van der Waals surface area contributed by atoms with Crippen molar-refractivity contribution >= 4 is 17.0 Å². The van der Waals surface area contributed by atoms with E-state index in [1.54, 1.807) is 6.07 Å². The van der Waals surface area contributed by atoms with E-state index in [0.29, 0.717) is 16.9 Å². The summed E-state index contributed by atoms with van der Waals surface area (Å²) in [5, 5.41) is 11.1. The van der Waals surface area contributed by atoms with Crippen molar-refractivity contribution in [3.8, 4) is 11.5 Å². The number of phenols is 1. The van der Waals surface area contributed by atoms with Crippen molar-refractivity contribution in [3.05, 3.63) is 51.1 Å². The van der Waals surface area contributed by atoms with Crippen LogP contribution in [-0.4, -0.2) is 12.2 Å². The maximum atomic E-state index is 11.8. The zero-order valence-corrected chi connectivity index (χ0v) is 14.9. The quantitative estimate of drug-likeness (QED) is 0.836. The van der Waals surface area contributed by atoms with Gasteiger partial charge in [0, 0.05) is 10.9 Å². The number of benzene rings is 1. The predicted molar refractivity (Wildman–Crippen MR) is 96.7 cm³/mol. The fourth-order valence-electron chi connectivity index (χ4n) is 2.90. The highest BCUT2D eigenvalue weighted by Gasteiger charge is 2.21. The molecule has 1 aromatic heterocycles. The molecule has 3 rings (SSSR count). The highest BCUT2D eigenvalue weighted by atomic mass is 16.5. The van der Waals surface area contributed by atoms with Gasteiger partial charge in [0.25, 0.3) is 0 Å². The van der Waals surface area contributed by atoms with E-state index in [1.165, 1.54) is 7.11 Å². The fraction of sp³-hybridized carbons (Fsp3) is 0.350. The second-order valence-electron chi connectivity index (χ2n) is 6.35. The number of methoxy groups -OCH3 is 1. The number of rotatable bonds is 4. The summed E-state index contributed by atoms with van der Waals surface area (Å²) < 4.78 is 16.0. The van der Waals surface area contributed by atoms with Crippen LogP contribution in [0.5, 0.6) is 11.5 Å². The monoisotopic (exact) mass is 342 g/mol. The third-order valence-electron chi connectivity index (χ3n) is 4.55. The van der Waals surface area contributed by atoms with Crippen molar-refractivity contribution in [1.29, 1.82) is 0 Å². The topological polar surface area (TPSA) is 68.9 Å². The molecule has 5 nitrogen and oxygen atoms in total. The molecular weight excluding hydrogens is 320 g/mol. The minimum absolute atomic E-state index is 0.0638. The lowest BCUT2D eigenvalue weighted by Gasteiger charge is -2.21. The lowest BCUT2D eigenvalue weighted by atomic mass is 9.98. The Morgan fingerprint density at radius 3 is 2.88 bits per heavy atom. The molecule has 1 aliphatic heterocycles. The van der Waals surface area contributed by atoms with Crippen LogP contribution in [0, 0.1) is 5.92 Å². The molecule has 1 aliphatic rings. The summed E-state index contributed by atoms with van der Waals surface area (Å²) in [6.07, 6.45) is 5.15. The van der Waals surface area contributed by atoms with Crippen LogP contribution in [0.1, 0.15) is 38.3 Å². The molecule has 5 heteroatoms. The Kier molecular flexibility index (Phi) is 4.57. The van der Waals surface area contributed by atoms with Gasteiger partial charge < -0.3 is 19.0 Å². The maximum absolute atomic E-state index is 11.8. The fourth-order valence-corrected chi connectivity index (χ4v) is 2.90. The number of phenolic OH excluding ortho intramolecular Hbond substituents is 1. The number of ether oxygens (including phenoxy) is 2. The van der Waals surface area contributed by atoms with E-state index in [-0.39, 0.29) is 23.7 Å². The first kappa shape index (κ1) is 17.1. The summed E-state index contributed by atoms with van der Waals surface area (Å²) in [5.41, 5.74) is 2.05. The third kappa shape index (κ3) is 3.14. The van der Waals surface area contributed by atoms with Crippen LogP contribution in [0.25, 0.3) is 17.0 Å². The van der Waals surface area contributed by atoms with E-state index in [2.05, 4.69) is 19.9 Å². The van der Waals surface area contributed by atoms with Gasteiger partial charge in [-0.05, 0) is 42.2 Å². The van der Waals surface area contributed by atoms with Gasteiger partial charge in [-0.1, -0.05) is 26.3 Å². The molecule has 1 atom stereocenters. The number of hydrogen-bond acceptors (Lipinski definition) is 5. The van der Waals surface area contributed by atoms with Gasteiger partial charge in [0.15, 0.2) is 11.3 Å². The Morgan fingerprint density at radius 2 is 2.20 bits per heavy atom. The zero-order valence-electron chi connectivity index (χ0n) is 14.9. The van der Waals surface area contributed by atoms with Gasteiger partial charge in [0.05, 0.1) is 7.11 Å².